The summed E-state index contributed by atoms with van der Waals surface area (Å²) < 4.78 is 67.4. The van der Waals surface area contributed by atoms with Gasteiger partial charge in [-0.25, -0.2) is 13.9 Å². The Labute approximate surface area is 174 Å². The standard InChI is InChI=1S/C16H15F3N2O5S2.ClH/c17-16(18,19)10-1-2-11(20-9-10)12-3-4-13(27-12)28(24,25)15(14(22)21-23)5-7-26-8-6-15;/h1-4,9,23H,5-8H2,(H,21,22);1H. The highest BCUT2D eigenvalue weighted by molar-refractivity contribution is 7.95. The van der Waals surface area contributed by atoms with Crippen LogP contribution in [-0.2, 0) is 25.5 Å². The van der Waals surface area contributed by atoms with E-state index in [2.05, 4.69) is 4.98 Å². The Bertz CT molecular complexity index is 971. The Morgan fingerprint density at radius 2 is 1.86 bits per heavy atom. The first-order chi connectivity index (χ1) is 13.1. The maximum absolute atomic E-state index is 13.2. The minimum atomic E-state index is -4.53. The van der Waals surface area contributed by atoms with Gasteiger partial charge in [-0.3, -0.25) is 15.0 Å². The molecule has 1 saturated heterocycles. The molecule has 0 radical (unpaired) electrons. The quantitative estimate of drug-likeness (QED) is 0.523. The first-order valence-corrected chi connectivity index (χ1v) is 10.3. The number of carbonyl (C=O) groups is 1. The van der Waals surface area contributed by atoms with Gasteiger partial charge >= 0.3 is 6.18 Å². The lowest BCUT2D eigenvalue weighted by Gasteiger charge is -2.33. The number of nitrogens with one attached hydrogen (secondary N) is 1. The van der Waals surface area contributed by atoms with Crippen molar-refractivity contribution >= 4 is 39.5 Å². The van der Waals surface area contributed by atoms with Gasteiger partial charge in [0.05, 0.1) is 16.1 Å². The molecule has 0 saturated carbocycles. The predicted octanol–water partition coefficient (Wildman–Crippen LogP) is 3.08. The zero-order valence-corrected chi connectivity index (χ0v) is 17.1. The average molecular weight is 473 g/mol. The molecule has 3 heterocycles. The maximum atomic E-state index is 13.2. The van der Waals surface area contributed by atoms with Crippen LogP contribution in [0, 0.1) is 0 Å². The zero-order valence-electron chi connectivity index (χ0n) is 14.6. The van der Waals surface area contributed by atoms with Gasteiger partial charge in [0.2, 0.25) is 9.84 Å². The van der Waals surface area contributed by atoms with Gasteiger partial charge in [0.25, 0.3) is 5.91 Å². The first-order valence-electron chi connectivity index (χ1n) is 8.02. The van der Waals surface area contributed by atoms with Crippen LogP contribution in [0.1, 0.15) is 18.4 Å². The summed E-state index contributed by atoms with van der Waals surface area (Å²) in [6.07, 6.45) is -4.12. The van der Waals surface area contributed by atoms with Crippen molar-refractivity contribution in [3.05, 3.63) is 36.0 Å². The topological polar surface area (TPSA) is 106 Å². The summed E-state index contributed by atoms with van der Waals surface area (Å²) in [5.74, 6) is -1.04. The van der Waals surface area contributed by atoms with Crippen LogP contribution in [-0.4, -0.2) is 42.5 Å². The zero-order chi connectivity index (χ0) is 20.6. The number of rotatable bonds is 4. The molecule has 3 rings (SSSR count). The Morgan fingerprint density at radius 3 is 2.38 bits per heavy atom. The fourth-order valence-electron chi connectivity index (χ4n) is 2.92. The highest BCUT2D eigenvalue weighted by Crippen LogP contribution is 2.40. The summed E-state index contributed by atoms with van der Waals surface area (Å²) in [7, 11) is -4.19. The van der Waals surface area contributed by atoms with Gasteiger partial charge in [0.1, 0.15) is 4.21 Å². The van der Waals surface area contributed by atoms with Crippen molar-refractivity contribution in [1.29, 1.82) is 0 Å². The van der Waals surface area contributed by atoms with Gasteiger partial charge in [-0.05, 0) is 37.1 Å². The van der Waals surface area contributed by atoms with Crippen LogP contribution in [0.25, 0.3) is 10.6 Å². The van der Waals surface area contributed by atoms with Gasteiger partial charge < -0.3 is 4.74 Å². The Hall–Kier alpha value is -1.73. The van der Waals surface area contributed by atoms with E-state index in [1.165, 1.54) is 17.6 Å². The molecule has 13 heteroatoms. The third-order valence-corrected chi connectivity index (χ3v) is 8.62. The van der Waals surface area contributed by atoms with Crippen LogP contribution < -0.4 is 5.48 Å². The summed E-state index contributed by atoms with van der Waals surface area (Å²) in [5, 5.41) is 9.03. The van der Waals surface area contributed by atoms with Crippen molar-refractivity contribution in [1.82, 2.24) is 10.5 Å². The number of thiophene rings is 1. The lowest BCUT2D eigenvalue weighted by atomic mass is 9.98. The predicted molar refractivity (Wildman–Crippen MR) is 99.7 cm³/mol. The molecular weight excluding hydrogens is 457 g/mol. The Morgan fingerprint density at radius 1 is 1.21 bits per heavy atom. The fraction of sp³-hybridized carbons (Fsp3) is 0.375. The molecule has 0 bridgehead atoms. The SMILES string of the molecule is Cl.O=C(NO)C1(S(=O)(=O)c2ccc(-c3ccc(C(F)(F)F)cn3)s2)CCOCC1. The van der Waals surface area contributed by atoms with Gasteiger partial charge in [-0.1, -0.05) is 0 Å². The van der Waals surface area contributed by atoms with Gasteiger partial charge in [0, 0.05) is 19.4 Å². The number of hydroxylamine groups is 1. The van der Waals surface area contributed by atoms with Crippen molar-refractivity contribution in [2.45, 2.75) is 28.0 Å². The number of alkyl halides is 3. The molecule has 1 aliphatic heterocycles. The molecule has 2 aromatic heterocycles. The number of nitrogens with zero attached hydrogens (tertiary/aromatic N) is 1. The Balaban J connectivity index is 0.00000300. The lowest BCUT2D eigenvalue weighted by Crippen LogP contribution is -2.54. The second kappa shape index (κ2) is 8.56. The van der Waals surface area contributed by atoms with Gasteiger partial charge in [-0.2, -0.15) is 13.2 Å². The molecule has 1 amide bonds. The molecule has 29 heavy (non-hydrogen) atoms. The number of hydrogen-bond donors (Lipinski definition) is 2. The smallest absolute Gasteiger partial charge is 0.381 e. The Kier molecular flexibility index (Phi) is 6.95. The highest BCUT2D eigenvalue weighted by atomic mass is 35.5. The molecule has 160 valence electrons. The number of amides is 1. The molecule has 1 fully saturated rings. The normalized spacial score (nSPS) is 16.7. The second-order valence-electron chi connectivity index (χ2n) is 6.10. The summed E-state index contributed by atoms with van der Waals surface area (Å²) in [6.45, 7) is 0.0662. The molecule has 0 aliphatic carbocycles. The van der Waals surface area contributed by atoms with Crippen LogP contribution in [0.2, 0.25) is 0 Å². The van der Waals surface area contributed by atoms with E-state index in [4.69, 9.17) is 9.94 Å². The van der Waals surface area contributed by atoms with Crippen molar-refractivity contribution in [3.63, 3.8) is 0 Å². The first kappa shape index (κ1) is 23.5. The maximum Gasteiger partial charge on any atom is 0.417 e. The lowest BCUT2D eigenvalue weighted by molar-refractivity contribution is -0.138. The molecule has 2 N–H and O–H groups in total. The number of hydrogen-bond acceptors (Lipinski definition) is 7. The minimum absolute atomic E-state index is 0. The molecule has 0 aromatic carbocycles. The van der Waals surface area contributed by atoms with Crippen LogP contribution in [0.4, 0.5) is 13.2 Å². The molecule has 7 nitrogen and oxygen atoms in total. The van der Waals surface area contributed by atoms with Crippen molar-refractivity contribution in [2.75, 3.05) is 13.2 Å². The number of pyridine rings is 1. The van der Waals surface area contributed by atoms with E-state index in [9.17, 15) is 26.4 Å². The molecular formula is C16H16ClF3N2O5S2. The molecule has 0 atom stereocenters. The van der Waals surface area contributed by atoms with Crippen molar-refractivity contribution in [2.24, 2.45) is 0 Å². The van der Waals surface area contributed by atoms with Crippen LogP contribution in [0.15, 0.2) is 34.7 Å². The fourth-order valence-corrected chi connectivity index (χ4v) is 6.45. The van der Waals surface area contributed by atoms with E-state index in [1.807, 2.05) is 0 Å². The van der Waals surface area contributed by atoms with Gasteiger partial charge in [-0.15, -0.1) is 23.7 Å². The van der Waals surface area contributed by atoms with Gasteiger partial charge in [0.15, 0.2) is 4.75 Å². The molecule has 0 spiro atoms. The minimum Gasteiger partial charge on any atom is -0.381 e. The number of ether oxygens (including phenoxy) is 1. The summed E-state index contributed by atoms with van der Waals surface area (Å²) in [5.41, 5.74) is 0.680. The van der Waals surface area contributed by atoms with Crippen LogP contribution in [0.5, 0.6) is 0 Å². The van der Waals surface area contributed by atoms with Crippen LogP contribution in [0.3, 0.4) is 0 Å². The number of sulfone groups is 1. The van der Waals surface area contributed by atoms with E-state index in [1.54, 1.807) is 0 Å². The number of aromatic nitrogens is 1. The van der Waals surface area contributed by atoms with E-state index in [0.717, 1.165) is 23.5 Å². The van der Waals surface area contributed by atoms with Crippen molar-refractivity contribution in [3.8, 4) is 10.6 Å². The average Bonchev–Trinajstić information content (AvgIpc) is 3.18. The number of carbonyl (C=O) groups excluding carboxylic acids is 1. The molecule has 0 unspecified atom stereocenters. The highest BCUT2D eigenvalue weighted by Gasteiger charge is 2.52. The van der Waals surface area contributed by atoms with E-state index in [0.29, 0.717) is 11.1 Å². The second-order valence-corrected chi connectivity index (χ2v) is 9.67. The molecule has 2 aromatic rings. The summed E-state index contributed by atoms with van der Waals surface area (Å²) >= 11 is 0.792. The van der Waals surface area contributed by atoms with Crippen LogP contribution >= 0.6 is 23.7 Å². The molecule has 1 aliphatic rings. The van der Waals surface area contributed by atoms with E-state index < -0.39 is 32.2 Å². The number of halogens is 4. The summed E-state index contributed by atoms with van der Waals surface area (Å²) in [4.78, 5) is 16.3. The summed E-state index contributed by atoms with van der Waals surface area (Å²) in [6, 6.07) is 4.69. The third-order valence-electron chi connectivity index (χ3n) is 4.52. The third kappa shape index (κ3) is 4.26. The monoisotopic (exact) mass is 472 g/mol. The largest absolute Gasteiger partial charge is 0.417 e. The van der Waals surface area contributed by atoms with E-state index >= 15 is 0 Å². The van der Waals surface area contributed by atoms with Crippen molar-refractivity contribution < 1.29 is 36.3 Å². The van der Waals surface area contributed by atoms with E-state index in [-0.39, 0.29) is 48.4 Å².